The summed E-state index contributed by atoms with van der Waals surface area (Å²) in [6.07, 6.45) is -1.29. The van der Waals surface area contributed by atoms with Crippen LogP contribution in [-0.4, -0.2) is 34.4 Å². The largest absolute Gasteiger partial charge is 0.480 e. The lowest BCUT2D eigenvalue weighted by atomic mass is 10.2. The number of carboxylic acid groups (broad SMARTS) is 1. The van der Waals surface area contributed by atoms with Crippen molar-refractivity contribution in [2.45, 2.75) is 19.1 Å². The van der Waals surface area contributed by atoms with Crippen molar-refractivity contribution in [1.82, 2.24) is 5.32 Å². The average Bonchev–Trinajstić information content (AvgIpc) is 2.32. The topological polar surface area (TPSA) is 98.7 Å². The Morgan fingerprint density at radius 3 is 2.20 bits per heavy atom. The van der Waals surface area contributed by atoms with Crippen molar-refractivity contribution in [3.63, 3.8) is 0 Å². The van der Waals surface area contributed by atoms with Crippen LogP contribution >= 0.6 is 23.2 Å². The van der Waals surface area contributed by atoms with Crippen LogP contribution in [0.5, 0.6) is 0 Å². The van der Waals surface area contributed by atoms with E-state index in [4.69, 9.17) is 28.3 Å². The predicted octanol–water partition coefficient (Wildman–Crippen LogP) is 2.09. The number of aliphatic hydroxyl groups excluding tert-OH is 1. The number of hydrogen-bond acceptors (Lipinski definition) is 3. The van der Waals surface area contributed by atoms with Gasteiger partial charge in [0.15, 0.2) is 11.9 Å². The van der Waals surface area contributed by atoms with E-state index in [1.807, 2.05) is 5.32 Å². The van der Waals surface area contributed by atoms with Crippen LogP contribution in [0.3, 0.4) is 0 Å². The van der Waals surface area contributed by atoms with Crippen LogP contribution in [0.15, 0.2) is 12.1 Å². The smallest absolute Gasteiger partial charge is 0.328 e. The van der Waals surface area contributed by atoms with Crippen molar-refractivity contribution < 1.29 is 24.2 Å². The second-order valence-corrected chi connectivity index (χ2v) is 4.72. The molecule has 2 unspecified atom stereocenters. The molecule has 0 aliphatic rings. The van der Waals surface area contributed by atoms with Crippen LogP contribution in [0, 0.1) is 5.82 Å². The zero-order valence-corrected chi connectivity index (χ0v) is 11.7. The van der Waals surface area contributed by atoms with Crippen molar-refractivity contribution in [3.05, 3.63) is 28.0 Å². The first kappa shape index (κ1) is 16.5. The Morgan fingerprint density at radius 2 is 1.80 bits per heavy atom. The molecule has 0 fully saturated rings. The molecule has 2 atom stereocenters. The molecule has 0 radical (unpaired) electrons. The summed E-state index contributed by atoms with van der Waals surface area (Å²) < 4.78 is 13.2. The van der Waals surface area contributed by atoms with Crippen molar-refractivity contribution in [1.29, 1.82) is 0 Å². The van der Waals surface area contributed by atoms with Crippen LogP contribution in [0.4, 0.5) is 14.9 Å². The molecule has 20 heavy (non-hydrogen) atoms. The minimum absolute atomic E-state index is 0.0774. The lowest BCUT2D eigenvalue weighted by Crippen LogP contribution is -2.49. The van der Waals surface area contributed by atoms with E-state index in [-0.39, 0.29) is 15.7 Å². The minimum atomic E-state index is -1.48. The normalized spacial score (nSPS) is 13.4. The summed E-state index contributed by atoms with van der Waals surface area (Å²) >= 11 is 11.1. The Morgan fingerprint density at radius 1 is 1.30 bits per heavy atom. The highest BCUT2D eigenvalue weighted by Crippen LogP contribution is 2.27. The standard InChI is InChI=1S/C11H11Cl2FN2O4/c1-4(17)9(10(18)19)16-11(20)15-5-2-6(12)8(14)7(13)3-5/h2-4,9,17H,1H3,(H,18,19)(H2,15,16,20). The number of carboxylic acids is 1. The molecule has 0 saturated carbocycles. The lowest BCUT2D eigenvalue weighted by Gasteiger charge is -2.17. The number of aliphatic hydroxyl groups is 1. The molecular weight excluding hydrogens is 314 g/mol. The summed E-state index contributed by atoms with van der Waals surface area (Å²) in [4.78, 5) is 22.4. The molecule has 0 saturated heterocycles. The summed E-state index contributed by atoms with van der Waals surface area (Å²) in [5.41, 5.74) is 0.0774. The quantitative estimate of drug-likeness (QED) is 0.637. The van der Waals surface area contributed by atoms with Crippen LogP contribution in [0.2, 0.25) is 10.0 Å². The van der Waals surface area contributed by atoms with Crippen molar-refractivity contribution in [3.8, 4) is 0 Å². The zero-order valence-electron chi connectivity index (χ0n) is 10.2. The number of hydrogen-bond donors (Lipinski definition) is 4. The molecule has 1 rings (SSSR count). The zero-order chi connectivity index (χ0) is 15.4. The Balaban J connectivity index is 2.78. The van der Waals surface area contributed by atoms with Gasteiger partial charge in [-0.2, -0.15) is 0 Å². The number of carbonyl (C=O) groups excluding carboxylic acids is 1. The fourth-order valence-corrected chi connectivity index (χ4v) is 1.81. The van der Waals surface area contributed by atoms with Crippen LogP contribution in [-0.2, 0) is 4.79 Å². The Kier molecular flexibility index (Phi) is 5.55. The van der Waals surface area contributed by atoms with E-state index in [1.165, 1.54) is 6.92 Å². The molecule has 6 nitrogen and oxygen atoms in total. The first-order chi connectivity index (χ1) is 9.22. The number of amides is 2. The number of carbonyl (C=O) groups is 2. The highest BCUT2D eigenvalue weighted by molar-refractivity contribution is 6.35. The fourth-order valence-electron chi connectivity index (χ4n) is 1.32. The van der Waals surface area contributed by atoms with Gasteiger partial charge in [0.05, 0.1) is 16.1 Å². The van der Waals surface area contributed by atoms with Gasteiger partial charge in [0.2, 0.25) is 0 Å². The summed E-state index contributed by atoms with van der Waals surface area (Å²) in [6, 6.07) is -0.167. The van der Waals surface area contributed by atoms with Gasteiger partial charge in [-0.05, 0) is 19.1 Å². The van der Waals surface area contributed by atoms with Gasteiger partial charge in [-0.3, -0.25) is 0 Å². The van der Waals surface area contributed by atoms with Gasteiger partial charge in [-0.25, -0.2) is 14.0 Å². The molecule has 0 aromatic heterocycles. The SMILES string of the molecule is CC(O)C(NC(=O)Nc1cc(Cl)c(F)c(Cl)c1)C(=O)O. The maximum atomic E-state index is 13.2. The summed E-state index contributed by atoms with van der Waals surface area (Å²) in [7, 11) is 0. The first-order valence-corrected chi connectivity index (χ1v) is 6.11. The molecule has 1 aromatic carbocycles. The third kappa shape index (κ3) is 4.22. The average molecular weight is 325 g/mol. The monoisotopic (exact) mass is 324 g/mol. The van der Waals surface area contributed by atoms with Crippen molar-refractivity contribution >= 4 is 40.9 Å². The van der Waals surface area contributed by atoms with Gasteiger partial charge in [0.1, 0.15) is 0 Å². The molecule has 0 bridgehead atoms. The lowest BCUT2D eigenvalue weighted by molar-refractivity contribution is -0.141. The fraction of sp³-hybridized carbons (Fsp3) is 0.273. The number of aliphatic carboxylic acids is 1. The molecule has 0 spiro atoms. The van der Waals surface area contributed by atoms with E-state index < -0.39 is 30.0 Å². The maximum absolute atomic E-state index is 13.2. The molecule has 1 aromatic rings. The van der Waals surface area contributed by atoms with E-state index in [2.05, 4.69) is 5.32 Å². The number of urea groups is 1. The van der Waals surface area contributed by atoms with Gasteiger partial charge in [0, 0.05) is 5.69 Å². The number of benzene rings is 1. The Bertz CT molecular complexity index is 516. The second kappa shape index (κ2) is 6.74. The summed E-state index contributed by atoms with van der Waals surface area (Å²) in [6.45, 7) is 1.21. The molecule has 4 N–H and O–H groups in total. The van der Waals surface area contributed by atoms with Crippen LogP contribution in [0.25, 0.3) is 0 Å². The van der Waals surface area contributed by atoms with E-state index in [0.717, 1.165) is 12.1 Å². The Labute approximate surface area is 123 Å². The minimum Gasteiger partial charge on any atom is -0.480 e. The molecule has 0 aliphatic heterocycles. The van der Waals surface area contributed by atoms with Crippen LogP contribution in [0.1, 0.15) is 6.92 Å². The third-order valence-electron chi connectivity index (χ3n) is 2.28. The van der Waals surface area contributed by atoms with Gasteiger partial charge in [-0.1, -0.05) is 23.2 Å². The summed E-state index contributed by atoms with van der Waals surface area (Å²) in [5.74, 6) is -2.22. The van der Waals surface area contributed by atoms with Gasteiger partial charge < -0.3 is 20.8 Å². The molecule has 0 heterocycles. The highest BCUT2D eigenvalue weighted by atomic mass is 35.5. The summed E-state index contributed by atoms with van der Waals surface area (Å²) in [5, 5.41) is 21.7. The molecular formula is C11H11Cl2FN2O4. The molecule has 110 valence electrons. The van der Waals surface area contributed by atoms with Crippen LogP contribution < -0.4 is 10.6 Å². The second-order valence-electron chi connectivity index (χ2n) is 3.91. The van der Waals surface area contributed by atoms with E-state index in [1.54, 1.807) is 0 Å². The van der Waals surface area contributed by atoms with Gasteiger partial charge in [-0.15, -0.1) is 0 Å². The molecule has 2 amide bonds. The van der Waals surface area contributed by atoms with Gasteiger partial charge in [0.25, 0.3) is 0 Å². The van der Waals surface area contributed by atoms with E-state index in [9.17, 15) is 19.1 Å². The highest BCUT2D eigenvalue weighted by Gasteiger charge is 2.25. The van der Waals surface area contributed by atoms with Gasteiger partial charge >= 0.3 is 12.0 Å². The van der Waals surface area contributed by atoms with E-state index >= 15 is 0 Å². The molecule has 9 heteroatoms. The Hall–Kier alpha value is -1.57. The van der Waals surface area contributed by atoms with Crippen molar-refractivity contribution in [2.75, 3.05) is 5.32 Å². The molecule has 0 aliphatic carbocycles. The number of halogens is 3. The number of nitrogens with one attached hydrogen (secondary N) is 2. The predicted molar refractivity (Wildman–Crippen MR) is 71.7 cm³/mol. The van der Waals surface area contributed by atoms with E-state index in [0.29, 0.717) is 0 Å². The first-order valence-electron chi connectivity index (χ1n) is 5.35. The maximum Gasteiger partial charge on any atom is 0.328 e. The number of rotatable bonds is 4. The third-order valence-corrected chi connectivity index (χ3v) is 2.83. The van der Waals surface area contributed by atoms with Crippen molar-refractivity contribution in [2.24, 2.45) is 0 Å². The number of anilines is 1.